The lowest BCUT2D eigenvalue weighted by Gasteiger charge is -2.04. The van der Waals surface area contributed by atoms with Crippen LogP contribution in [-0.4, -0.2) is 26.8 Å². The number of nitrogens with one attached hydrogen (secondary N) is 1. The number of imidazole rings is 1. The fourth-order valence-corrected chi connectivity index (χ4v) is 3.85. The lowest BCUT2D eigenvalue weighted by Crippen LogP contribution is -2.26. The van der Waals surface area contributed by atoms with Crippen molar-refractivity contribution in [3.63, 3.8) is 0 Å². The van der Waals surface area contributed by atoms with Gasteiger partial charge in [-0.2, -0.15) is 0 Å². The normalized spacial score (nSPS) is 11.0. The minimum atomic E-state index is -0.0805. The molecule has 0 aliphatic rings. The maximum absolute atomic E-state index is 12.5. The molecule has 1 N–H and O–H groups in total. The van der Waals surface area contributed by atoms with Crippen LogP contribution in [0.4, 0.5) is 0 Å². The average molecular weight is 362 g/mol. The van der Waals surface area contributed by atoms with E-state index in [1.165, 1.54) is 11.3 Å². The average Bonchev–Trinajstić information content (AvgIpc) is 3.26. The summed E-state index contributed by atoms with van der Waals surface area (Å²) in [5, 5.41) is 3.85. The van der Waals surface area contributed by atoms with Gasteiger partial charge in [0.05, 0.1) is 17.4 Å². The monoisotopic (exact) mass is 362 g/mol. The second kappa shape index (κ2) is 7.09. The van der Waals surface area contributed by atoms with Crippen molar-refractivity contribution in [2.45, 2.75) is 13.3 Å². The number of amides is 1. The van der Waals surface area contributed by atoms with Crippen LogP contribution in [0.2, 0.25) is 0 Å². The number of rotatable bonds is 5. The number of aryl methyl sites for hydroxylation is 1. The minimum Gasteiger partial charge on any atom is -0.351 e. The molecule has 26 heavy (non-hydrogen) atoms. The number of carbonyl (C=O) groups excluding carboxylic acids is 1. The molecule has 0 atom stereocenters. The number of fused-ring (bicyclic) bond motifs is 1. The molecule has 130 valence electrons. The summed E-state index contributed by atoms with van der Waals surface area (Å²) in [5.41, 5.74) is 2.85. The molecule has 0 fully saturated rings. The van der Waals surface area contributed by atoms with Crippen molar-refractivity contribution in [3.05, 3.63) is 77.3 Å². The summed E-state index contributed by atoms with van der Waals surface area (Å²) < 4.78 is 2.04. The van der Waals surface area contributed by atoms with Gasteiger partial charge in [0.15, 0.2) is 0 Å². The zero-order valence-corrected chi connectivity index (χ0v) is 15.2. The molecule has 1 amide bonds. The van der Waals surface area contributed by atoms with Crippen molar-refractivity contribution in [1.29, 1.82) is 0 Å². The number of pyridine rings is 1. The Morgan fingerprint density at radius 1 is 1.15 bits per heavy atom. The molecule has 0 unspecified atom stereocenters. The van der Waals surface area contributed by atoms with Gasteiger partial charge >= 0.3 is 0 Å². The van der Waals surface area contributed by atoms with Gasteiger partial charge in [0.1, 0.15) is 15.7 Å². The van der Waals surface area contributed by atoms with Crippen LogP contribution < -0.4 is 5.32 Å². The van der Waals surface area contributed by atoms with Gasteiger partial charge in [-0.1, -0.05) is 36.4 Å². The summed E-state index contributed by atoms with van der Waals surface area (Å²) >= 11 is 1.43. The van der Waals surface area contributed by atoms with Crippen molar-refractivity contribution in [2.24, 2.45) is 0 Å². The van der Waals surface area contributed by atoms with Gasteiger partial charge in [0.2, 0.25) is 0 Å². The number of aromatic nitrogens is 3. The summed E-state index contributed by atoms with van der Waals surface area (Å²) in [6.45, 7) is 2.41. The highest BCUT2D eigenvalue weighted by molar-refractivity contribution is 7.17. The summed E-state index contributed by atoms with van der Waals surface area (Å²) in [6.07, 6.45) is 4.50. The first-order chi connectivity index (χ1) is 12.7. The standard InChI is InChI=1S/C20H18N4OS/c1-14-18(26-20(23-14)15-7-3-2-4-8-15)19(25)21-11-10-17-22-13-16-9-5-6-12-24(16)17/h2-9,12-13H,10-11H2,1H3,(H,21,25). The first-order valence-corrected chi connectivity index (χ1v) is 9.26. The van der Waals surface area contributed by atoms with E-state index in [0.717, 1.165) is 27.6 Å². The van der Waals surface area contributed by atoms with Crippen LogP contribution in [0.3, 0.4) is 0 Å². The molecule has 0 saturated carbocycles. The third-order valence-electron chi connectivity index (χ3n) is 4.17. The van der Waals surface area contributed by atoms with Crippen LogP contribution in [0.25, 0.3) is 16.1 Å². The van der Waals surface area contributed by atoms with E-state index in [1.807, 2.05) is 72.2 Å². The Balaban J connectivity index is 1.43. The summed E-state index contributed by atoms with van der Waals surface area (Å²) in [6, 6.07) is 15.9. The summed E-state index contributed by atoms with van der Waals surface area (Å²) in [4.78, 5) is 22.2. The van der Waals surface area contributed by atoms with Gasteiger partial charge < -0.3 is 9.72 Å². The van der Waals surface area contributed by atoms with Crippen LogP contribution in [0.5, 0.6) is 0 Å². The lowest BCUT2D eigenvalue weighted by atomic mass is 10.2. The van der Waals surface area contributed by atoms with Gasteiger partial charge in [0, 0.05) is 24.7 Å². The molecule has 0 saturated heterocycles. The van der Waals surface area contributed by atoms with E-state index in [0.29, 0.717) is 17.8 Å². The number of thiazole rings is 1. The van der Waals surface area contributed by atoms with E-state index >= 15 is 0 Å². The highest BCUT2D eigenvalue weighted by Crippen LogP contribution is 2.27. The zero-order chi connectivity index (χ0) is 17.9. The Kier molecular flexibility index (Phi) is 4.50. The molecule has 0 aliphatic heterocycles. The van der Waals surface area contributed by atoms with Crippen LogP contribution in [-0.2, 0) is 6.42 Å². The fourth-order valence-electron chi connectivity index (χ4n) is 2.86. The predicted molar refractivity (Wildman–Crippen MR) is 104 cm³/mol. The molecule has 3 aromatic heterocycles. The number of carbonyl (C=O) groups is 1. The minimum absolute atomic E-state index is 0.0805. The number of hydrogen-bond acceptors (Lipinski definition) is 4. The first kappa shape index (κ1) is 16.5. The molecule has 4 rings (SSSR count). The molecule has 5 nitrogen and oxygen atoms in total. The SMILES string of the molecule is Cc1nc(-c2ccccc2)sc1C(=O)NCCc1ncc2ccccn12. The van der Waals surface area contributed by atoms with E-state index in [2.05, 4.69) is 15.3 Å². The van der Waals surface area contributed by atoms with Crippen molar-refractivity contribution in [1.82, 2.24) is 19.7 Å². The lowest BCUT2D eigenvalue weighted by molar-refractivity contribution is 0.0957. The van der Waals surface area contributed by atoms with Crippen LogP contribution in [0.1, 0.15) is 21.2 Å². The van der Waals surface area contributed by atoms with Crippen molar-refractivity contribution in [2.75, 3.05) is 6.54 Å². The zero-order valence-electron chi connectivity index (χ0n) is 14.3. The van der Waals surface area contributed by atoms with Crippen molar-refractivity contribution in [3.8, 4) is 10.6 Å². The second-order valence-corrected chi connectivity index (χ2v) is 6.97. The van der Waals surface area contributed by atoms with Crippen molar-refractivity contribution < 1.29 is 4.79 Å². The Morgan fingerprint density at radius 2 is 1.96 bits per heavy atom. The fraction of sp³-hybridized carbons (Fsp3) is 0.150. The van der Waals surface area contributed by atoms with E-state index in [9.17, 15) is 4.79 Å². The third-order valence-corrected chi connectivity index (χ3v) is 5.38. The number of nitrogens with zero attached hydrogens (tertiary/aromatic N) is 3. The predicted octanol–water partition coefficient (Wildman–Crippen LogP) is 3.74. The maximum Gasteiger partial charge on any atom is 0.263 e. The topological polar surface area (TPSA) is 59.3 Å². The molecular weight excluding hydrogens is 344 g/mol. The number of benzene rings is 1. The molecule has 1 aromatic carbocycles. The Labute approximate surface area is 155 Å². The smallest absolute Gasteiger partial charge is 0.263 e. The molecule has 4 aromatic rings. The quantitative estimate of drug-likeness (QED) is 0.588. The first-order valence-electron chi connectivity index (χ1n) is 8.44. The third kappa shape index (κ3) is 3.23. The van der Waals surface area contributed by atoms with E-state index in [4.69, 9.17) is 0 Å². The van der Waals surface area contributed by atoms with Crippen LogP contribution in [0, 0.1) is 6.92 Å². The molecule has 0 spiro atoms. The van der Waals surface area contributed by atoms with Crippen LogP contribution in [0.15, 0.2) is 60.9 Å². The Bertz CT molecular complexity index is 1050. The van der Waals surface area contributed by atoms with E-state index in [-0.39, 0.29) is 5.91 Å². The van der Waals surface area contributed by atoms with Crippen LogP contribution >= 0.6 is 11.3 Å². The summed E-state index contributed by atoms with van der Waals surface area (Å²) in [7, 11) is 0. The molecule has 6 heteroatoms. The van der Waals surface area contributed by atoms with Gasteiger partial charge in [-0.3, -0.25) is 4.79 Å². The van der Waals surface area contributed by atoms with Gasteiger partial charge in [-0.15, -0.1) is 11.3 Å². The molecule has 0 aliphatic carbocycles. The van der Waals surface area contributed by atoms with Gasteiger partial charge in [-0.25, -0.2) is 9.97 Å². The van der Waals surface area contributed by atoms with Gasteiger partial charge in [0.25, 0.3) is 5.91 Å². The van der Waals surface area contributed by atoms with E-state index in [1.54, 1.807) is 0 Å². The van der Waals surface area contributed by atoms with E-state index < -0.39 is 0 Å². The largest absolute Gasteiger partial charge is 0.351 e. The Morgan fingerprint density at radius 3 is 2.81 bits per heavy atom. The van der Waals surface area contributed by atoms with Crippen molar-refractivity contribution >= 4 is 22.8 Å². The highest BCUT2D eigenvalue weighted by atomic mass is 32.1. The Hall–Kier alpha value is -2.99. The second-order valence-electron chi connectivity index (χ2n) is 5.98. The molecule has 0 radical (unpaired) electrons. The number of hydrogen-bond donors (Lipinski definition) is 1. The summed E-state index contributed by atoms with van der Waals surface area (Å²) in [5.74, 6) is 0.856. The molecular formula is C20H18N4OS. The maximum atomic E-state index is 12.5. The highest BCUT2D eigenvalue weighted by Gasteiger charge is 2.16. The van der Waals surface area contributed by atoms with Gasteiger partial charge in [-0.05, 0) is 19.1 Å². The molecule has 3 heterocycles. The molecule has 0 bridgehead atoms.